The molecule has 6 nitrogen and oxygen atoms in total. The van der Waals surface area contributed by atoms with Crippen LogP contribution in [0.4, 0.5) is 0 Å². The Bertz CT molecular complexity index is 646. The summed E-state index contributed by atoms with van der Waals surface area (Å²) in [5, 5.41) is 0. The van der Waals surface area contributed by atoms with Crippen molar-refractivity contribution >= 4 is 13.7 Å². The van der Waals surface area contributed by atoms with Gasteiger partial charge in [0.2, 0.25) is 0 Å². The number of hydrogen-bond donors (Lipinski definition) is 0. The van der Waals surface area contributed by atoms with E-state index in [0.29, 0.717) is 23.0 Å². The molecule has 2 aromatic carbocycles. The van der Waals surface area contributed by atoms with Gasteiger partial charge in [-0.2, -0.15) is 0 Å². The molecule has 1 spiro atoms. The Morgan fingerprint density at radius 2 is 1.14 bits per heavy atom. The Hall–Kier alpha value is -2.46. The number of rotatable bonds is 1. The summed E-state index contributed by atoms with van der Waals surface area (Å²) in [5.74, 6) is 1.01. The Labute approximate surface area is 120 Å². The van der Waals surface area contributed by atoms with Gasteiger partial charge in [-0.25, -0.2) is 0 Å². The summed E-state index contributed by atoms with van der Waals surface area (Å²) in [4.78, 5) is 11.5. The average molecular weight is 306 g/mol. The van der Waals surface area contributed by atoms with E-state index in [1.165, 1.54) is 6.92 Å². The van der Waals surface area contributed by atoms with Crippen molar-refractivity contribution in [2.75, 3.05) is 0 Å². The molecule has 21 heavy (non-hydrogen) atoms. The molecule has 108 valence electrons. The molecule has 4 rings (SSSR count). The standard InChI is InChI=1S/C14H11O6P/c1-10(15)16-21(17-11-6-2-3-7-12(11)18-21)19-13-8-4-5-9-14(13)20-21/h2-9H,1H3. The van der Waals surface area contributed by atoms with Crippen LogP contribution in [0.1, 0.15) is 6.92 Å². The van der Waals surface area contributed by atoms with Gasteiger partial charge < -0.3 is 0 Å². The normalized spacial score (nSPS) is 20.5. The van der Waals surface area contributed by atoms with Crippen LogP contribution in [0.25, 0.3) is 0 Å². The number of hydrogen-bond acceptors (Lipinski definition) is 6. The van der Waals surface area contributed by atoms with Crippen molar-refractivity contribution in [3.63, 3.8) is 0 Å². The van der Waals surface area contributed by atoms with Crippen molar-refractivity contribution in [3.05, 3.63) is 48.5 Å². The molecule has 0 atom stereocenters. The molecule has 2 aliphatic heterocycles. The van der Waals surface area contributed by atoms with E-state index in [-0.39, 0.29) is 0 Å². The molecule has 0 N–H and O–H groups in total. The molecule has 2 aromatic rings. The van der Waals surface area contributed by atoms with Crippen LogP contribution in [0.2, 0.25) is 0 Å². The number of fused-ring (bicyclic) bond motifs is 2. The van der Waals surface area contributed by atoms with Gasteiger partial charge >= 0.3 is 120 Å². The third-order valence-corrected chi connectivity index (χ3v) is 5.50. The predicted molar refractivity (Wildman–Crippen MR) is 74.1 cm³/mol. The summed E-state index contributed by atoms with van der Waals surface area (Å²) in [6, 6.07) is 13.9. The van der Waals surface area contributed by atoms with E-state index in [2.05, 4.69) is 0 Å². The Morgan fingerprint density at radius 3 is 1.43 bits per heavy atom. The van der Waals surface area contributed by atoms with Crippen LogP contribution < -0.4 is 18.1 Å². The van der Waals surface area contributed by atoms with E-state index in [0.717, 1.165) is 0 Å². The summed E-state index contributed by atoms with van der Waals surface area (Å²) in [7, 11) is -4.53. The number of para-hydroxylation sites is 4. The molecular formula is C14H11O6P. The van der Waals surface area contributed by atoms with Crippen molar-refractivity contribution in [2.24, 2.45) is 0 Å². The van der Waals surface area contributed by atoms with E-state index in [1.54, 1.807) is 48.5 Å². The second-order valence-electron chi connectivity index (χ2n) is 4.59. The van der Waals surface area contributed by atoms with Gasteiger partial charge in [0.15, 0.2) is 0 Å². The number of carbonyl (C=O) groups excluding carboxylic acids is 1. The fraction of sp³-hybridized carbons (Fsp3) is 0.0714. The first-order chi connectivity index (χ1) is 10.1. The van der Waals surface area contributed by atoms with Crippen LogP contribution in [-0.4, -0.2) is 5.97 Å². The second kappa shape index (κ2) is 3.80. The van der Waals surface area contributed by atoms with E-state index in [9.17, 15) is 4.79 Å². The van der Waals surface area contributed by atoms with E-state index < -0.39 is 13.7 Å². The van der Waals surface area contributed by atoms with Gasteiger partial charge in [-0.1, -0.05) is 0 Å². The van der Waals surface area contributed by atoms with Gasteiger partial charge in [0.25, 0.3) is 0 Å². The van der Waals surface area contributed by atoms with Crippen LogP contribution in [0, 0.1) is 0 Å². The molecular weight excluding hydrogens is 295 g/mol. The molecule has 0 fully saturated rings. The molecule has 0 radical (unpaired) electrons. The van der Waals surface area contributed by atoms with E-state index >= 15 is 0 Å². The first-order valence-corrected chi connectivity index (χ1v) is 8.12. The third-order valence-electron chi connectivity index (χ3n) is 2.97. The van der Waals surface area contributed by atoms with Crippen LogP contribution in [0.3, 0.4) is 0 Å². The molecule has 0 saturated heterocycles. The molecule has 0 bridgehead atoms. The van der Waals surface area contributed by atoms with Crippen molar-refractivity contribution in [1.82, 2.24) is 0 Å². The third kappa shape index (κ3) is 1.73. The van der Waals surface area contributed by atoms with Crippen molar-refractivity contribution in [2.45, 2.75) is 6.92 Å². The number of carbonyl (C=O) groups is 1. The van der Waals surface area contributed by atoms with Crippen LogP contribution in [0.15, 0.2) is 48.5 Å². The summed E-state index contributed by atoms with van der Waals surface area (Å²) in [6.45, 7) is 1.24. The van der Waals surface area contributed by atoms with Gasteiger partial charge in [0.1, 0.15) is 0 Å². The SMILES string of the molecule is CC(=O)OP12(Oc3ccccc3O1)Oc1ccccc1O2. The minimum atomic E-state index is -4.53. The van der Waals surface area contributed by atoms with Crippen molar-refractivity contribution in [3.8, 4) is 23.0 Å². The van der Waals surface area contributed by atoms with Gasteiger partial charge in [0.05, 0.1) is 0 Å². The zero-order valence-corrected chi connectivity index (χ0v) is 11.9. The maximum absolute atomic E-state index is 11.5. The monoisotopic (exact) mass is 306 g/mol. The van der Waals surface area contributed by atoms with Gasteiger partial charge in [-0.15, -0.1) is 0 Å². The molecule has 0 amide bonds. The van der Waals surface area contributed by atoms with Crippen molar-refractivity contribution < 1.29 is 27.4 Å². The fourth-order valence-electron chi connectivity index (χ4n) is 2.24. The summed E-state index contributed by atoms with van der Waals surface area (Å²) in [6.07, 6.45) is 0. The minimum absolute atomic E-state index is 0.407. The molecule has 0 saturated carbocycles. The molecule has 2 aliphatic rings. The molecule has 0 aliphatic carbocycles. The van der Waals surface area contributed by atoms with Gasteiger partial charge in [-0.05, 0) is 0 Å². The maximum atomic E-state index is 11.5. The molecule has 7 heteroatoms. The van der Waals surface area contributed by atoms with E-state index in [4.69, 9.17) is 22.6 Å². The average Bonchev–Trinajstić information content (AvgIpc) is 2.91. The quantitative estimate of drug-likeness (QED) is 0.750. The molecule has 2 heterocycles. The Balaban J connectivity index is 1.84. The summed E-state index contributed by atoms with van der Waals surface area (Å²) < 4.78 is 28.3. The topological polar surface area (TPSA) is 63.2 Å². The predicted octanol–water partition coefficient (Wildman–Crippen LogP) is 3.62. The molecule has 0 aromatic heterocycles. The fourth-order valence-corrected chi connectivity index (χ4v) is 4.92. The number of benzene rings is 2. The van der Waals surface area contributed by atoms with Crippen LogP contribution in [-0.2, 0) is 9.32 Å². The van der Waals surface area contributed by atoms with Crippen LogP contribution in [0.5, 0.6) is 23.0 Å². The first-order valence-electron chi connectivity index (χ1n) is 6.29. The van der Waals surface area contributed by atoms with E-state index in [1.807, 2.05) is 0 Å². The van der Waals surface area contributed by atoms with Gasteiger partial charge in [0, 0.05) is 0 Å². The van der Waals surface area contributed by atoms with Crippen LogP contribution >= 0.6 is 7.74 Å². The van der Waals surface area contributed by atoms with Crippen molar-refractivity contribution in [1.29, 1.82) is 0 Å². The zero-order valence-electron chi connectivity index (χ0n) is 11.0. The Kier molecular flexibility index (Phi) is 2.22. The summed E-state index contributed by atoms with van der Waals surface area (Å²) >= 11 is 0. The second-order valence-corrected chi connectivity index (χ2v) is 6.99. The summed E-state index contributed by atoms with van der Waals surface area (Å²) in [5.41, 5.74) is 0. The van der Waals surface area contributed by atoms with Gasteiger partial charge in [-0.3, -0.25) is 0 Å². The molecule has 0 unspecified atom stereocenters. The Morgan fingerprint density at radius 1 is 0.810 bits per heavy atom. The zero-order chi connectivity index (χ0) is 14.5. The first kappa shape index (κ1) is 12.3.